The van der Waals surface area contributed by atoms with Crippen molar-refractivity contribution in [1.29, 1.82) is 0 Å². The molecule has 1 aliphatic rings. The first-order chi connectivity index (χ1) is 6.83. The summed E-state index contributed by atoms with van der Waals surface area (Å²) in [5.74, 6) is 0.488. The summed E-state index contributed by atoms with van der Waals surface area (Å²) >= 11 is 0. The van der Waals surface area contributed by atoms with Crippen molar-refractivity contribution in [3.63, 3.8) is 0 Å². The molecule has 1 N–H and O–H groups in total. The topological polar surface area (TPSA) is 12.0 Å². The van der Waals surface area contributed by atoms with Gasteiger partial charge in [0.05, 0.1) is 0 Å². The smallest absolute Gasteiger partial charge is 0.126 e. The Balaban J connectivity index is 2.18. The molecule has 1 nitrogen and oxygen atoms in total. The van der Waals surface area contributed by atoms with Crippen LogP contribution in [0.5, 0.6) is 0 Å². The maximum Gasteiger partial charge on any atom is 0.126 e. The van der Waals surface area contributed by atoms with Crippen molar-refractivity contribution < 1.29 is 4.39 Å². The summed E-state index contributed by atoms with van der Waals surface area (Å²) in [6.45, 7) is 4.07. The van der Waals surface area contributed by atoms with Gasteiger partial charge in [-0.15, -0.1) is 0 Å². The molecule has 0 spiro atoms. The van der Waals surface area contributed by atoms with Gasteiger partial charge in [-0.1, -0.05) is 19.1 Å². The summed E-state index contributed by atoms with van der Waals surface area (Å²) in [5.41, 5.74) is 2.15. The van der Waals surface area contributed by atoms with E-state index >= 15 is 0 Å². The number of likely N-dealkylation sites (N-methyl/N-ethyl adjacent to an activating group) is 1. The fourth-order valence-corrected chi connectivity index (χ4v) is 2.23. The quantitative estimate of drug-likeness (QED) is 0.777. The first kappa shape index (κ1) is 9.66. The highest BCUT2D eigenvalue weighted by Gasteiger charge is 2.23. The summed E-state index contributed by atoms with van der Waals surface area (Å²) in [4.78, 5) is 0. The Morgan fingerprint density at radius 3 is 3.14 bits per heavy atom. The number of nitrogens with one attached hydrogen (secondary N) is 1. The molecule has 1 unspecified atom stereocenters. The lowest BCUT2D eigenvalue weighted by Crippen LogP contribution is -2.19. The minimum atomic E-state index is -0.0264. The molecule has 2 rings (SSSR count). The Labute approximate surface area is 84.3 Å². The predicted octanol–water partition coefficient (Wildman–Crippen LogP) is 2.47. The highest BCUT2D eigenvalue weighted by atomic mass is 19.1. The Morgan fingerprint density at radius 1 is 1.50 bits per heavy atom. The van der Waals surface area contributed by atoms with Gasteiger partial charge in [0.1, 0.15) is 5.82 Å². The maximum atomic E-state index is 13.4. The summed E-state index contributed by atoms with van der Waals surface area (Å²) in [6.07, 6.45) is 1.99. The van der Waals surface area contributed by atoms with E-state index in [9.17, 15) is 4.39 Å². The summed E-state index contributed by atoms with van der Waals surface area (Å²) in [5, 5.41) is 3.33. The second kappa shape index (κ2) is 4.09. The third kappa shape index (κ3) is 1.67. The molecule has 0 saturated heterocycles. The number of hydrogen-bond donors (Lipinski definition) is 1. The van der Waals surface area contributed by atoms with Gasteiger partial charge in [-0.2, -0.15) is 0 Å². The molecule has 0 bridgehead atoms. The van der Waals surface area contributed by atoms with E-state index in [0.29, 0.717) is 5.92 Å². The van der Waals surface area contributed by atoms with E-state index in [2.05, 4.69) is 18.3 Å². The van der Waals surface area contributed by atoms with E-state index in [0.717, 1.165) is 31.5 Å². The molecule has 0 aromatic heterocycles. The first-order valence-corrected chi connectivity index (χ1v) is 5.31. The molecule has 0 fully saturated rings. The molecule has 2 heteroatoms. The van der Waals surface area contributed by atoms with Crippen LogP contribution in [0.15, 0.2) is 18.2 Å². The average molecular weight is 193 g/mol. The number of fused-ring (bicyclic) bond motifs is 1. The van der Waals surface area contributed by atoms with Crippen LogP contribution in [-0.4, -0.2) is 13.1 Å². The first-order valence-electron chi connectivity index (χ1n) is 5.31. The minimum Gasteiger partial charge on any atom is -0.316 e. The summed E-state index contributed by atoms with van der Waals surface area (Å²) < 4.78 is 13.4. The number of benzene rings is 1. The van der Waals surface area contributed by atoms with Crippen molar-refractivity contribution in [3.05, 3.63) is 35.1 Å². The van der Waals surface area contributed by atoms with Crippen molar-refractivity contribution >= 4 is 0 Å². The Morgan fingerprint density at radius 2 is 2.36 bits per heavy atom. The molecular weight excluding hydrogens is 177 g/mol. The van der Waals surface area contributed by atoms with Crippen molar-refractivity contribution in [2.24, 2.45) is 0 Å². The standard InChI is InChI=1S/C12H16FN/c1-2-14-8-9-6-7-11-10(9)4-3-5-12(11)13/h3-5,9,14H,2,6-8H2,1H3. The SMILES string of the molecule is CCNCC1CCc2c(F)cccc21. The van der Waals surface area contributed by atoms with Crippen LogP contribution in [0.4, 0.5) is 4.39 Å². The van der Waals surface area contributed by atoms with Crippen molar-refractivity contribution in [3.8, 4) is 0 Å². The fourth-order valence-electron chi connectivity index (χ4n) is 2.23. The normalized spacial score (nSPS) is 19.7. The van der Waals surface area contributed by atoms with E-state index in [1.165, 1.54) is 5.56 Å². The van der Waals surface area contributed by atoms with E-state index in [1.807, 2.05) is 6.07 Å². The summed E-state index contributed by atoms with van der Waals surface area (Å²) in [6, 6.07) is 5.44. The van der Waals surface area contributed by atoms with E-state index in [1.54, 1.807) is 6.07 Å². The van der Waals surface area contributed by atoms with Crippen LogP contribution < -0.4 is 5.32 Å². The monoisotopic (exact) mass is 193 g/mol. The van der Waals surface area contributed by atoms with Gasteiger partial charge >= 0.3 is 0 Å². The highest BCUT2D eigenvalue weighted by Crippen LogP contribution is 2.33. The molecule has 0 saturated carbocycles. The fraction of sp³-hybridized carbons (Fsp3) is 0.500. The van der Waals surface area contributed by atoms with Gasteiger partial charge in [0.25, 0.3) is 0 Å². The Bertz CT molecular complexity index is 322. The Kier molecular flexibility index (Phi) is 2.82. The maximum absolute atomic E-state index is 13.4. The predicted molar refractivity (Wildman–Crippen MR) is 56.0 cm³/mol. The second-order valence-corrected chi connectivity index (χ2v) is 3.85. The van der Waals surface area contributed by atoms with Crippen LogP contribution in [0, 0.1) is 5.82 Å². The van der Waals surface area contributed by atoms with Gasteiger partial charge in [0.15, 0.2) is 0 Å². The lowest BCUT2D eigenvalue weighted by Gasteiger charge is -2.11. The third-order valence-corrected chi connectivity index (χ3v) is 2.98. The highest BCUT2D eigenvalue weighted by molar-refractivity contribution is 5.36. The van der Waals surface area contributed by atoms with Gasteiger partial charge in [0.2, 0.25) is 0 Å². The number of rotatable bonds is 3. The van der Waals surface area contributed by atoms with Crippen LogP contribution in [0.3, 0.4) is 0 Å². The second-order valence-electron chi connectivity index (χ2n) is 3.85. The molecule has 0 radical (unpaired) electrons. The number of halogens is 1. The van der Waals surface area contributed by atoms with Crippen molar-refractivity contribution in [2.75, 3.05) is 13.1 Å². The number of hydrogen-bond acceptors (Lipinski definition) is 1. The molecule has 1 aromatic rings. The third-order valence-electron chi connectivity index (χ3n) is 2.98. The molecule has 1 aliphatic carbocycles. The van der Waals surface area contributed by atoms with Gasteiger partial charge in [-0.05, 0) is 42.5 Å². The van der Waals surface area contributed by atoms with Crippen LogP contribution in [0.25, 0.3) is 0 Å². The zero-order chi connectivity index (χ0) is 9.97. The molecule has 1 atom stereocenters. The Hall–Kier alpha value is -0.890. The molecule has 0 amide bonds. The van der Waals surface area contributed by atoms with E-state index in [-0.39, 0.29) is 5.82 Å². The lowest BCUT2D eigenvalue weighted by molar-refractivity contribution is 0.593. The van der Waals surface area contributed by atoms with E-state index < -0.39 is 0 Å². The molecule has 76 valence electrons. The lowest BCUT2D eigenvalue weighted by atomic mass is 10.0. The van der Waals surface area contributed by atoms with Gasteiger partial charge in [-0.25, -0.2) is 4.39 Å². The zero-order valence-electron chi connectivity index (χ0n) is 8.52. The van der Waals surface area contributed by atoms with Crippen LogP contribution >= 0.6 is 0 Å². The van der Waals surface area contributed by atoms with Crippen molar-refractivity contribution in [2.45, 2.75) is 25.7 Å². The molecule has 0 heterocycles. The minimum absolute atomic E-state index is 0.0264. The van der Waals surface area contributed by atoms with Gasteiger partial charge in [-0.3, -0.25) is 0 Å². The zero-order valence-corrected chi connectivity index (χ0v) is 8.52. The summed E-state index contributed by atoms with van der Waals surface area (Å²) in [7, 11) is 0. The van der Waals surface area contributed by atoms with Crippen LogP contribution in [-0.2, 0) is 6.42 Å². The molecule has 0 aliphatic heterocycles. The largest absolute Gasteiger partial charge is 0.316 e. The van der Waals surface area contributed by atoms with Gasteiger partial charge < -0.3 is 5.32 Å². The van der Waals surface area contributed by atoms with Crippen LogP contribution in [0.1, 0.15) is 30.4 Å². The van der Waals surface area contributed by atoms with E-state index in [4.69, 9.17) is 0 Å². The van der Waals surface area contributed by atoms with Crippen LogP contribution in [0.2, 0.25) is 0 Å². The average Bonchev–Trinajstić information content (AvgIpc) is 2.60. The van der Waals surface area contributed by atoms with Gasteiger partial charge in [0, 0.05) is 6.54 Å². The molecular formula is C12H16FN. The van der Waals surface area contributed by atoms with Crippen molar-refractivity contribution in [1.82, 2.24) is 5.32 Å². The molecule has 14 heavy (non-hydrogen) atoms. The molecule has 1 aromatic carbocycles.